The molecular formula is C19H25F3O3. The number of halogens is 3. The highest BCUT2D eigenvalue weighted by molar-refractivity contribution is 5.28. The van der Waals surface area contributed by atoms with Gasteiger partial charge in [-0.25, -0.2) is 4.39 Å². The molecule has 1 aromatic rings. The smallest absolute Gasteiger partial charge is 0.424 e. The molecule has 6 heteroatoms. The van der Waals surface area contributed by atoms with E-state index in [4.69, 9.17) is 14.2 Å². The molecule has 2 aliphatic rings. The predicted molar refractivity (Wildman–Crippen MR) is 87.3 cm³/mol. The van der Waals surface area contributed by atoms with E-state index in [2.05, 4.69) is 6.92 Å². The van der Waals surface area contributed by atoms with Gasteiger partial charge in [0.25, 0.3) is 0 Å². The third-order valence-electron chi connectivity index (χ3n) is 5.15. The van der Waals surface area contributed by atoms with Gasteiger partial charge < -0.3 is 14.2 Å². The first-order valence-electron chi connectivity index (χ1n) is 8.91. The summed E-state index contributed by atoms with van der Waals surface area (Å²) >= 11 is 0. The summed E-state index contributed by atoms with van der Waals surface area (Å²) in [5, 5.41) is 0. The second-order valence-electron chi connectivity index (χ2n) is 7.29. The summed E-state index contributed by atoms with van der Waals surface area (Å²) in [4.78, 5) is 0. The molecule has 0 radical (unpaired) electrons. The molecule has 2 fully saturated rings. The molecular weight excluding hydrogens is 333 g/mol. The summed E-state index contributed by atoms with van der Waals surface area (Å²) in [6.45, 7) is 4.68. The van der Waals surface area contributed by atoms with Crippen molar-refractivity contribution < 1.29 is 27.4 Å². The van der Waals surface area contributed by atoms with Crippen molar-refractivity contribution in [3.8, 4) is 5.75 Å². The minimum absolute atomic E-state index is 0.0953. The molecule has 2 aliphatic heterocycles. The van der Waals surface area contributed by atoms with E-state index in [1.807, 2.05) is 0 Å². The molecule has 0 aliphatic carbocycles. The van der Waals surface area contributed by atoms with E-state index in [1.54, 1.807) is 6.92 Å². The monoisotopic (exact) mass is 358 g/mol. The van der Waals surface area contributed by atoms with Crippen molar-refractivity contribution >= 4 is 0 Å². The lowest BCUT2D eigenvalue weighted by atomic mass is 9.87. The van der Waals surface area contributed by atoms with Crippen LogP contribution in [0.1, 0.15) is 38.2 Å². The lowest BCUT2D eigenvalue weighted by molar-refractivity contribution is -0.269. The Hall–Kier alpha value is -1.27. The number of rotatable bonds is 4. The quantitative estimate of drug-likeness (QED) is 0.780. The molecule has 2 heterocycles. The zero-order chi connectivity index (χ0) is 18.0. The standard InChI is InChI=1S/C19H25F3O3/c1-12-3-7-17(23-10-12)14-5-8-18(24-11-14)19(21,22)25-15-6-4-13(2)16(20)9-15/h4,6,9,12,14,17-18H,3,5,7-8,10-11H2,1-2H3. The molecule has 0 amide bonds. The second-order valence-corrected chi connectivity index (χ2v) is 7.29. The van der Waals surface area contributed by atoms with Crippen molar-refractivity contribution in [3.63, 3.8) is 0 Å². The highest BCUT2D eigenvalue weighted by Crippen LogP contribution is 2.36. The number of hydrogen-bond acceptors (Lipinski definition) is 3. The van der Waals surface area contributed by atoms with E-state index in [1.165, 1.54) is 12.1 Å². The van der Waals surface area contributed by atoms with Crippen molar-refractivity contribution in [2.45, 2.75) is 57.8 Å². The van der Waals surface area contributed by atoms with Gasteiger partial charge >= 0.3 is 6.11 Å². The van der Waals surface area contributed by atoms with Crippen LogP contribution in [0.15, 0.2) is 18.2 Å². The van der Waals surface area contributed by atoms with Gasteiger partial charge in [-0.3, -0.25) is 0 Å². The van der Waals surface area contributed by atoms with Crippen molar-refractivity contribution in [1.82, 2.24) is 0 Å². The predicted octanol–water partition coefficient (Wildman–Crippen LogP) is 4.72. The Bertz CT molecular complexity index is 577. The summed E-state index contributed by atoms with van der Waals surface area (Å²) in [6.07, 6.45) is -1.85. The number of ether oxygens (including phenoxy) is 3. The molecule has 4 atom stereocenters. The van der Waals surface area contributed by atoms with Crippen molar-refractivity contribution in [3.05, 3.63) is 29.6 Å². The number of hydrogen-bond donors (Lipinski definition) is 0. The fourth-order valence-electron chi connectivity index (χ4n) is 3.47. The molecule has 2 saturated heterocycles. The number of aryl methyl sites for hydroxylation is 1. The van der Waals surface area contributed by atoms with Gasteiger partial charge in [0.1, 0.15) is 11.6 Å². The van der Waals surface area contributed by atoms with Crippen LogP contribution in [0.25, 0.3) is 0 Å². The summed E-state index contributed by atoms with van der Waals surface area (Å²) in [5.41, 5.74) is 0.384. The Balaban J connectivity index is 1.54. The van der Waals surface area contributed by atoms with Crippen LogP contribution < -0.4 is 4.74 Å². The van der Waals surface area contributed by atoms with E-state index in [0.717, 1.165) is 25.5 Å². The Morgan fingerprint density at radius 1 is 1.08 bits per heavy atom. The maximum Gasteiger partial charge on any atom is 0.424 e. The molecule has 0 bridgehead atoms. The normalized spacial score (nSPS) is 30.9. The zero-order valence-corrected chi connectivity index (χ0v) is 14.6. The molecule has 0 saturated carbocycles. The Morgan fingerprint density at radius 2 is 1.88 bits per heavy atom. The molecule has 3 nitrogen and oxygen atoms in total. The Morgan fingerprint density at radius 3 is 2.48 bits per heavy atom. The third kappa shape index (κ3) is 4.47. The van der Waals surface area contributed by atoms with Crippen molar-refractivity contribution in [2.24, 2.45) is 11.8 Å². The maximum absolute atomic E-state index is 14.3. The van der Waals surface area contributed by atoms with Gasteiger partial charge in [0, 0.05) is 18.6 Å². The van der Waals surface area contributed by atoms with Gasteiger partial charge in [0.05, 0.1) is 12.7 Å². The molecule has 1 aromatic carbocycles. The van der Waals surface area contributed by atoms with E-state index in [0.29, 0.717) is 17.9 Å². The largest absolute Gasteiger partial charge is 0.431 e. The average Bonchev–Trinajstić information content (AvgIpc) is 2.59. The molecule has 0 aromatic heterocycles. The van der Waals surface area contributed by atoms with Crippen LogP contribution in [0.3, 0.4) is 0 Å². The summed E-state index contributed by atoms with van der Waals surface area (Å²) in [5.74, 6) is -0.0532. The topological polar surface area (TPSA) is 27.7 Å². The molecule has 140 valence electrons. The van der Waals surface area contributed by atoms with Gasteiger partial charge in [0.15, 0.2) is 6.10 Å². The number of alkyl halides is 2. The highest BCUT2D eigenvalue weighted by Gasteiger charge is 2.46. The summed E-state index contributed by atoms with van der Waals surface area (Å²) in [7, 11) is 0. The fraction of sp³-hybridized carbons (Fsp3) is 0.684. The van der Waals surface area contributed by atoms with Gasteiger partial charge in [-0.1, -0.05) is 13.0 Å². The third-order valence-corrected chi connectivity index (χ3v) is 5.15. The first-order valence-corrected chi connectivity index (χ1v) is 8.91. The molecule has 3 rings (SSSR count). The lowest BCUT2D eigenvalue weighted by Gasteiger charge is -2.38. The Kier molecular flexibility index (Phi) is 5.58. The van der Waals surface area contributed by atoms with Gasteiger partial charge in [-0.15, -0.1) is 0 Å². The van der Waals surface area contributed by atoms with Crippen LogP contribution in [0, 0.1) is 24.6 Å². The van der Waals surface area contributed by atoms with Gasteiger partial charge in [-0.2, -0.15) is 8.78 Å². The average molecular weight is 358 g/mol. The highest BCUT2D eigenvalue weighted by atomic mass is 19.3. The number of benzene rings is 1. The zero-order valence-electron chi connectivity index (χ0n) is 14.6. The minimum Gasteiger partial charge on any atom is -0.431 e. The van der Waals surface area contributed by atoms with E-state index >= 15 is 0 Å². The van der Waals surface area contributed by atoms with Crippen LogP contribution in [-0.2, 0) is 9.47 Å². The summed E-state index contributed by atoms with van der Waals surface area (Å²) < 4.78 is 58.2. The van der Waals surface area contributed by atoms with Crippen LogP contribution in [-0.4, -0.2) is 31.5 Å². The minimum atomic E-state index is -3.49. The molecule has 25 heavy (non-hydrogen) atoms. The molecule has 0 spiro atoms. The van der Waals surface area contributed by atoms with Gasteiger partial charge in [-0.05, 0) is 50.2 Å². The van der Waals surface area contributed by atoms with E-state index in [9.17, 15) is 13.2 Å². The summed E-state index contributed by atoms with van der Waals surface area (Å²) in [6, 6.07) is 3.74. The Labute approximate surface area is 146 Å². The van der Waals surface area contributed by atoms with E-state index < -0.39 is 18.0 Å². The molecule has 0 N–H and O–H groups in total. The second kappa shape index (κ2) is 7.54. The molecule has 4 unspecified atom stereocenters. The van der Waals surface area contributed by atoms with Crippen LogP contribution in [0.2, 0.25) is 0 Å². The maximum atomic E-state index is 14.3. The van der Waals surface area contributed by atoms with E-state index in [-0.39, 0.29) is 30.8 Å². The lowest BCUT2D eigenvalue weighted by Crippen LogP contribution is -2.47. The van der Waals surface area contributed by atoms with Gasteiger partial charge in [0.2, 0.25) is 0 Å². The SMILES string of the molecule is Cc1ccc(OC(F)(F)C2CCC(C3CCC(C)CO3)CO2)cc1F. The van der Waals surface area contributed by atoms with Crippen LogP contribution in [0.5, 0.6) is 5.75 Å². The van der Waals surface area contributed by atoms with Crippen LogP contribution >= 0.6 is 0 Å². The van der Waals surface area contributed by atoms with Crippen molar-refractivity contribution in [2.75, 3.05) is 13.2 Å². The first-order chi connectivity index (χ1) is 11.8. The first kappa shape index (κ1) is 18.5. The van der Waals surface area contributed by atoms with Crippen molar-refractivity contribution in [1.29, 1.82) is 0 Å². The van der Waals surface area contributed by atoms with Crippen LogP contribution in [0.4, 0.5) is 13.2 Å². The fourth-order valence-corrected chi connectivity index (χ4v) is 3.47.